The van der Waals surface area contributed by atoms with Crippen LogP contribution in [0, 0.1) is 51.2 Å². The fourth-order valence-corrected chi connectivity index (χ4v) is 10.5. The lowest BCUT2D eigenvalue weighted by molar-refractivity contribution is -0.169. The van der Waals surface area contributed by atoms with Crippen molar-refractivity contribution in [2.24, 2.45) is 51.2 Å². The van der Waals surface area contributed by atoms with E-state index in [-0.39, 0.29) is 69.2 Å². The van der Waals surface area contributed by atoms with E-state index in [1.54, 1.807) is 6.08 Å². The third-order valence-corrected chi connectivity index (χ3v) is 12.5. The van der Waals surface area contributed by atoms with Crippen LogP contribution in [-0.4, -0.2) is 52.4 Å². The summed E-state index contributed by atoms with van der Waals surface area (Å²) in [5, 5.41) is 22.9. The first kappa shape index (κ1) is 28.5. The topological polar surface area (TPSA) is 110 Å². The molecule has 4 fully saturated rings. The highest BCUT2D eigenvalue weighted by molar-refractivity contribution is 5.98. The second kappa shape index (κ2) is 9.01. The van der Waals surface area contributed by atoms with Gasteiger partial charge in [0.05, 0.1) is 6.10 Å². The molecule has 39 heavy (non-hydrogen) atoms. The molecule has 4 saturated carbocycles. The van der Waals surface area contributed by atoms with Crippen LogP contribution in [0.3, 0.4) is 0 Å². The molecular formula is C32H46O7. The van der Waals surface area contributed by atoms with Crippen molar-refractivity contribution in [1.82, 2.24) is 0 Å². The van der Waals surface area contributed by atoms with Crippen molar-refractivity contribution in [3.63, 3.8) is 0 Å². The number of hydrogen-bond acceptors (Lipinski definition) is 7. The molecule has 216 valence electrons. The number of ether oxygens (including phenoxy) is 2. The Bertz CT molecular complexity index is 1130. The summed E-state index contributed by atoms with van der Waals surface area (Å²) in [5.41, 5.74) is -0.615. The smallest absolute Gasteiger partial charge is 0.330 e. The van der Waals surface area contributed by atoms with Gasteiger partial charge in [-0.25, -0.2) is 4.79 Å². The lowest BCUT2D eigenvalue weighted by atomic mass is 9.43. The quantitative estimate of drug-likeness (QED) is 0.378. The van der Waals surface area contributed by atoms with Crippen LogP contribution in [0.5, 0.6) is 0 Å². The lowest BCUT2D eigenvalue weighted by Gasteiger charge is -2.61. The average Bonchev–Trinajstić information content (AvgIpc) is 3.47. The number of Topliss-reactive ketones (excluding diaryl/α,β-unsaturated/α-hetero) is 1. The van der Waals surface area contributed by atoms with E-state index in [1.165, 1.54) is 6.92 Å². The fraction of sp³-hybridized carbons (Fsp3) is 0.781. The highest BCUT2D eigenvalue weighted by atomic mass is 16.5. The summed E-state index contributed by atoms with van der Waals surface area (Å²) in [7, 11) is 0. The number of rotatable bonds is 6. The molecule has 7 heteroatoms. The Morgan fingerprint density at radius 3 is 2.46 bits per heavy atom. The Kier molecular flexibility index (Phi) is 6.59. The van der Waals surface area contributed by atoms with Gasteiger partial charge in [-0.1, -0.05) is 47.3 Å². The van der Waals surface area contributed by atoms with Gasteiger partial charge in [0.25, 0.3) is 0 Å². The molecular weight excluding hydrogens is 496 g/mol. The molecule has 0 amide bonds. The third-order valence-electron chi connectivity index (χ3n) is 12.5. The van der Waals surface area contributed by atoms with Gasteiger partial charge in [0.2, 0.25) is 0 Å². The summed E-state index contributed by atoms with van der Waals surface area (Å²) >= 11 is 0. The SMILES string of the molecule is C=C(C(=O)[C@H](O)[C@@H](C)[C@H]1[C@@H](OC(C)=O)C[C@@]2(C)C3C[C@@H](O)C4[C@H](C)OC(=O)C=C[C@@]45C[C@@]35CC[C@]12C)C(C)C. The first-order valence-corrected chi connectivity index (χ1v) is 14.7. The number of esters is 2. The highest BCUT2D eigenvalue weighted by Crippen LogP contribution is 2.86. The van der Waals surface area contributed by atoms with Crippen LogP contribution < -0.4 is 0 Å². The Morgan fingerprint density at radius 2 is 1.85 bits per heavy atom. The molecule has 0 saturated heterocycles. The van der Waals surface area contributed by atoms with Crippen LogP contribution in [0.15, 0.2) is 24.3 Å². The van der Waals surface area contributed by atoms with Crippen molar-refractivity contribution in [1.29, 1.82) is 0 Å². The molecule has 5 rings (SSSR count). The zero-order valence-electron chi connectivity index (χ0n) is 24.5. The van der Waals surface area contributed by atoms with Gasteiger partial charge in [-0.2, -0.15) is 0 Å². The first-order valence-electron chi connectivity index (χ1n) is 14.7. The number of fused-ring (bicyclic) bond motifs is 2. The maximum Gasteiger partial charge on any atom is 0.330 e. The molecule has 0 aromatic rings. The molecule has 4 aliphatic carbocycles. The Hall–Kier alpha value is -1.99. The minimum atomic E-state index is -1.24. The maximum atomic E-state index is 13.2. The summed E-state index contributed by atoms with van der Waals surface area (Å²) in [4.78, 5) is 37.8. The van der Waals surface area contributed by atoms with E-state index < -0.39 is 24.2 Å². The zero-order valence-corrected chi connectivity index (χ0v) is 24.5. The monoisotopic (exact) mass is 542 g/mol. The maximum absolute atomic E-state index is 13.2. The van der Waals surface area contributed by atoms with Gasteiger partial charge in [0, 0.05) is 30.3 Å². The molecule has 0 aromatic heterocycles. The standard InChI is InChI=1S/C32H46O7/c1-16(2)17(3)27(36)28(37)18(4)25-22(39-20(6)33)14-30(8)23-13-21(34)26-19(5)38-24(35)9-10-32(26)15-31(23,32)12-11-29(25,30)7/h9-10,16,18-19,21-23,25-26,28,34,37H,3,11-15H2,1-2,4-8H3/t18-,19-,21+,22-,23?,25-,26?,28+,29+,30-,31-,32+/m0/s1. The van der Waals surface area contributed by atoms with E-state index in [0.29, 0.717) is 18.4 Å². The third kappa shape index (κ3) is 3.71. The van der Waals surface area contributed by atoms with Crippen LogP contribution in [-0.2, 0) is 23.9 Å². The first-order chi connectivity index (χ1) is 18.1. The normalized spacial score (nSPS) is 47.5. The van der Waals surface area contributed by atoms with Gasteiger partial charge in [-0.3, -0.25) is 9.59 Å². The Morgan fingerprint density at radius 1 is 1.18 bits per heavy atom. The largest absolute Gasteiger partial charge is 0.462 e. The van der Waals surface area contributed by atoms with Gasteiger partial charge in [-0.05, 0) is 78.6 Å². The molecule has 2 spiro atoms. The van der Waals surface area contributed by atoms with E-state index >= 15 is 0 Å². The summed E-state index contributed by atoms with van der Waals surface area (Å²) in [6.45, 7) is 17.4. The number of hydrogen-bond donors (Lipinski definition) is 2. The molecule has 2 unspecified atom stereocenters. The van der Waals surface area contributed by atoms with Gasteiger partial charge >= 0.3 is 11.9 Å². The van der Waals surface area contributed by atoms with Crippen LogP contribution in [0.1, 0.15) is 80.6 Å². The summed E-state index contributed by atoms with van der Waals surface area (Å²) < 4.78 is 11.6. The average molecular weight is 543 g/mol. The number of carbonyl (C=O) groups excluding carboxylic acids is 3. The van der Waals surface area contributed by atoms with Gasteiger partial charge in [-0.15, -0.1) is 0 Å². The van der Waals surface area contributed by atoms with Crippen molar-refractivity contribution in [2.75, 3.05) is 0 Å². The predicted octanol–water partition coefficient (Wildman–Crippen LogP) is 4.40. The van der Waals surface area contributed by atoms with Gasteiger partial charge < -0.3 is 19.7 Å². The molecule has 0 aromatic carbocycles. The molecule has 1 heterocycles. The van der Waals surface area contributed by atoms with Crippen LogP contribution in [0.4, 0.5) is 0 Å². The van der Waals surface area contributed by atoms with Crippen molar-refractivity contribution in [3.05, 3.63) is 24.3 Å². The summed E-state index contributed by atoms with van der Waals surface area (Å²) in [5.74, 6) is -1.83. The Balaban J connectivity index is 1.55. The zero-order chi connectivity index (χ0) is 28.9. The van der Waals surface area contributed by atoms with E-state index in [0.717, 1.165) is 19.3 Å². The van der Waals surface area contributed by atoms with Crippen molar-refractivity contribution < 1.29 is 34.1 Å². The molecule has 0 bridgehead atoms. The molecule has 1 aliphatic heterocycles. The van der Waals surface area contributed by atoms with Gasteiger partial charge in [0.1, 0.15) is 18.3 Å². The predicted molar refractivity (Wildman–Crippen MR) is 145 cm³/mol. The van der Waals surface area contributed by atoms with E-state index in [9.17, 15) is 24.6 Å². The number of ketones is 1. The second-order valence-electron chi connectivity index (χ2n) is 14.3. The van der Waals surface area contributed by atoms with Crippen molar-refractivity contribution in [2.45, 2.75) is 105 Å². The van der Waals surface area contributed by atoms with Crippen molar-refractivity contribution >= 4 is 17.7 Å². The lowest BCUT2D eigenvalue weighted by Crippen LogP contribution is -2.58. The molecule has 12 atom stereocenters. The Labute approximate surface area is 232 Å². The summed E-state index contributed by atoms with van der Waals surface area (Å²) in [6, 6.07) is 0. The van der Waals surface area contributed by atoms with Crippen LogP contribution in [0.25, 0.3) is 0 Å². The number of aliphatic hydroxyl groups is 2. The van der Waals surface area contributed by atoms with E-state index in [4.69, 9.17) is 9.47 Å². The molecule has 2 N–H and O–H groups in total. The fourth-order valence-electron chi connectivity index (χ4n) is 10.5. The number of aliphatic hydroxyl groups excluding tert-OH is 2. The van der Waals surface area contributed by atoms with E-state index in [1.807, 2.05) is 33.8 Å². The van der Waals surface area contributed by atoms with E-state index in [2.05, 4.69) is 20.4 Å². The number of cyclic esters (lactones) is 1. The summed E-state index contributed by atoms with van der Waals surface area (Å²) in [6.07, 6.45) is 4.78. The molecule has 0 radical (unpaired) electrons. The molecule has 7 nitrogen and oxygen atoms in total. The highest BCUT2D eigenvalue weighted by Gasteiger charge is 2.83. The number of carbonyl (C=O) groups is 3. The second-order valence-corrected chi connectivity index (χ2v) is 14.3. The van der Waals surface area contributed by atoms with Crippen LogP contribution in [0.2, 0.25) is 0 Å². The van der Waals surface area contributed by atoms with Gasteiger partial charge in [0.15, 0.2) is 5.78 Å². The minimum absolute atomic E-state index is 0.0663. The van der Waals surface area contributed by atoms with Crippen LogP contribution >= 0.6 is 0 Å². The molecule has 5 aliphatic rings. The van der Waals surface area contributed by atoms with Crippen molar-refractivity contribution in [3.8, 4) is 0 Å². The number of allylic oxidation sites excluding steroid dienone is 1. The minimum Gasteiger partial charge on any atom is -0.462 e.